The van der Waals surface area contributed by atoms with Crippen molar-refractivity contribution in [1.82, 2.24) is 4.90 Å². The van der Waals surface area contributed by atoms with Gasteiger partial charge < -0.3 is 10.2 Å². The number of rotatable bonds is 10. The Morgan fingerprint density at radius 3 is 2.03 bits per heavy atom. The van der Waals surface area contributed by atoms with Gasteiger partial charge in [-0.05, 0) is 62.7 Å². The molecule has 0 aliphatic rings. The highest BCUT2D eigenvalue weighted by atomic mass is 16.6. The first kappa shape index (κ1) is 21.5. The minimum Gasteiger partial charge on any atom is -0.369 e. The molecular weight excluding hydrogens is 374 g/mol. The van der Waals surface area contributed by atoms with Crippen LogP contribution in [0.4, 0.5) is 11.4 Å². The van der Waals surface area contributed by atoms with Gasteiger partial charge >= 0.3 is 0 Å². The van der Waals surface area contributed by atoms with Gasteiger partial charge in [-0.2, -0.15) is 0 Å². The van der Waals surface area contributed by atoms with E-state index >= 15 is 0 Å². The minimum atomic E-state index is -0.314. The first-order valence-corrected chi connectivity index (χ1v) is 10.3. The van der Waals surface area contributed by atoms with Crippen LogP contribution in [0, 0.1) is 10.1 Å². The van der Waals surface area contributed by atoms with Crippen molar-refractivity contribution >= 4 is 11.4 Å². The first-order valence-electron chi connectivity index (χ1n) is 10.3. The first-order chi connectivity index (χ1) is 14.5. The fourth-order valence-corrected chi connectivity index (χ4v) is 3.58. The molecule has 3 aromatic carbocycles. The third kappa shape index (κ3) is 5.91. The van der Waals surface area contributed by atoms with Crippen LogP contribution < -0.4 is 5.32 Å². The zero-order chi connectivity index (χ0) is 21.3. The molecule has 0 atom stereocenters. The van der Waals surface area contributed by atoms with E-state index in [1.54, 1.807) is 6.07 Å². The van der Waals surface area contributed by atoms with Crippen molar-refractivity contribution < 1.29 is 4.92 Å². The summed E-state index contributed by atoms with van der Waals surface area (Å²) in [7, 11) is 4.14. The van der Waals surface area contributed by atoms with Crippen molar-refractivity contribution in [2.24, 2.45) is 0 Å². The van der Waals surface area contributed by atoms with E-state index < -0.39 is 0 Å². The molecule has 0 saturated heterocycles. The highest BCUT2D eigenvalue weighted by molar-refractivity contribution is 5.64. The van der Waals surface area contributed by atoms with Crippen LogP contribution in [0.15, 0.2) is 78.9 Å². The Morgan fingerprint density at radius 1 is 0.900 bits per heavy atom. The maximum absolute atomic E-state index is 11.7. The van der Waals surface area contributed by atoms with Gasteiger partial charge in [-0.1, -0.05) is 66.7 Å². The Kier molecular flexibility index (Phi) is 7.57. The molecule has 3 rings (SSSR count). The van der Waals surface area contributed by atoms with Crippen LogP contribution in [0.5, 0.6) is 0 Å². The quantitative estimate of drug-likeness (QED) is 0.269. The van der Waals surface area contributed by atoms with Gasteiger partial charge in [-0.15, -0.1) is 0 Å². The predicted octanol–water partition coefficient (Wildman–Crippen LogP) is 5.68. The number of nitrogens with zero attached hydrogens (tertiary/aromatic N) is 2. The number of nitrogens with one attached hydrogen (secondary N) is 1. The van der Waals surface area contributed by atoms with Crippen molar-refractivity contribution in [3.8, 4) is 0 Å². The average molecular weight is 404 g/mol. The summed E-state index contributed by atoms with van der Waals surface area (Å²) in [4.78, 5) is 13.5. The topological polar surface area (TPSA) is 58.4 Å². The van der Waals surface area contributed by atoms with Gasteiger partial charge in [0.2, 0.25) is 0 Å². The lowest BCUT2D eigenvalue weighted by molar-refractivity contribution is -0.384. The Bertz CT molecular complexity index is 904. The molecule has 0 unspecified atom stereocenters. The summed E-state index contributed by atoms with van der Waals surface area (Å²) in [6.45, 7) is 1.04. The molecule has 3 aromatic rings. The minimum absolute atomic E-state index is 0.101. The Balaban J connectivity index is 1.89. The number of benzene rings is 3. The lowest BCUT2D eigenvalue weighted by Gasteiger charge is -2.21. The smallest absolute Gasteiger partial charge is 0.292 e. The molecule has 5 nitrogen and oxygen atoms in total. The molecule has 0 fully saturated rings. The second-order valence-corrected chi connectivity index (χ2v) is 7.77. The summed E-state index contributed by atoms with van der Waals surface area (Å²) in [5, 5.41) is 15.1. The van der Waals surface area contributed by atoms with E-state index in [1.165, 1.54) is 0 Å². The average Bonchev–Trinajstić information content (AvgIpc) is 2.76. The number of hydrogen-bond acceptors (Lipinski definition) is 4. The van der Waals surface area contributed by atoms with Crippen LogP contribution in [0.3, 0.4) is 0 Å². The van der Waals surface area contributed by atoms with Crippen LogP contribution in [-0.4, -0.2) is 30.5 Å². The monoisotopic (exact) mass is 403 g/mol. The van der Waals surface area contributed by atoms with Crippen molar-refractivity contribution in [2.45, 2.75) is 25.3 Å². The zero-order valence-electron chi connectivity index (χ0n) is 17.6. The summed E-state index contributed by atoms with van der Waals surface area (Å²) < 4.78 is 0. The molecule has 5 heteroatoms. The third-order valence-corrected chi connectivity index (χ3v) is 5.14. The van der Waals surface area contributed by atoms with Crippen molar-refractivity contribution in [3.63, 3.8) is 0 Å². The second-order valence-electron chi connectivity index (χ2n) is 7.77. The predicted molar refractivity (Wildman–Crippen MR) is 123 cm³/mol. The highest BCUT2D eigenvalue weighted by Crippen LogP contribution is 2.33. The fourth-order valence-electron chi connectivity index (χ4n) is 3.58. The summed E-state index contributed by atoms with van der Waals surface area (Å²) in [6.07, 6.45) is 3.06. The molecular formula is C25H29N3O2. The van der Waals surface area contributed by atoms with Gasteiger partial charge in [-0.25, -0.2) is 0 Å². The molecule has 0 amide bonds. The molecule has 0 heterocycles. The fraction of sp³-hybridized carbons (Fsp3) is 0.280. The molecule has 0 radical (unpaired) electrons. The zero-order valence-corrected chi connectivity index (χ0v) is 17.6. The van der Waals surface area contributed by atoms with Gasteiger partial charge in [0, 0.05) is 6.07 Å². The highest BCUT2D eigenvalue weighted by Gasteiger charge is 2.20. The van der Waals surface area contributed by atoms with Crippen molar-refractivity contribution in [3.05, 3.63) is 106 Å². The standard InChI is InChI=1S/C25H29N3O2/c1-27(2)18-10-9-11-20-16-17-24(28(29)30)23(19-20)26-25(21-12-5-3-6-13-21)22-14-7-4-8-15-22/h3-8,12-17,19,25-26H,9-11,18H2,1-2H3. The van der Waals surface area contributed by atoms with Gasteiger partial charge in [0.1, 0.15) is 5.69 Å². The maximum atomic E-state index is 11.7. The van der Waals surface area contributed by atoms with E-state index in [0.29, 0.717) is 5.69 Å². The van der Waals surface area contributed by atoms with E-state index in [2.05, 4.69) is 24.3 Å². The van der Waals surface area contributed by atoms with Crippen LogP contribution in [0.25, 0.3) is 0 Å². The van der Waals surface area contributed by atoms with E-state index in [-0.39, 0.29) is 16.7 Å². The maximum Gasteiger partial charge on any atom is 0.292 e. The van der Waals surface area contributed by atoms with E-state index in [4.69, 9.17) is 0 Å². The number of nitro benzene ring substituents is 1. The normalized spacial score (nSPS) is 11.1. The Morgan fingerprint density at radius 2 is 1.50 bits per heavy atom. The van der Waals surface area contributed by atoms with E-state index in [0.717, 1.165) is 42.5 Å². The van der Waals surface area contributed by atoms with E-state index in [9.17, 15) is 10.1 Å². The number of aryl methyl sites for hydroxylation is 1. The van der Waals surface area contributed by atoms with Crippen LogP contribution in [-0.2, 0) is 6.42 Å². The third-order valence-electron chi connectivity index (χ3n) is 5.14. The van der Waals surface area contributed by atoms with Gasteiger partial charge in [0.25, 0.3) is 5.69 Å². The number of unbranched alkanes of at least 4 members (excludes halogenated alkanes) is 1. The number of hydrogen-bond donors (Lipinski definition) is 1. The molecule has 0 bridgehead atoms. The lowest BCUT2D eigenvalue weighted by Crippen LogP contribution is -2.14. The van der Waals surface area contributed by atoms with Crippen LogP contribution in [0.1, 0.15) is 35.6 Å². The summed E-state index contributed by atoms with van der Waals surface area (Å²) >= 11 is 0. The Labute approximate surface area is 178 Å². The molecule has 0 saturated carbocycles. The summed E-state index contributed by atoms with van der Waals surface area (Å²) in [5.74, 6) is 0. The Hall–Kier alpha value is -3.18. The summed E-state index contributed by atoms with van der Waals surface area (Å²) in [6, 6.07) is 25.3. The van der Waals surface area contributed by atoms with Gasteiger partial charge in [0.15, 0.2) is 0 Å². The van der Waals surface area contributed by atoms with Crippen molar-refractivity contribution in [1.29, 1.82) is 0 Å². The van der Waals surface area contributed by atoms with Crippen LogP contribution in [0.2, 0.25) is 0 Å². The molecule has 0 aliphatic heterocycles. The van der Waals surface area contributed by atoms with E-state index in [1.807, 2.05) is 72.8 Å². The summed E-state index contributed by atoms with van der Waals surface area (Å²) in [5.41, 5.74) is 3.90. The molecule has 156 valence electrons. The molecule has 0 aliphatic carbocycles. The SMILES string of the molecule is CN(C)CCCCc1ccc([N+](=O)[O-])c(NC(c2ccccc2)c2ccccc2)c1. The number of anilines is 1. The molecule has 0 spiro atoms. The second kappa shape index (κ2) is 10.6. The van der Waals surface area contributed by atoms with Crippen LogP contribution >= 0.6 is 0 Å². The lowest BCUT2D eigenvalue weighted by atomic mass is 9.97. The molecule has 30 heavy (non-hydrogen) atoms. The molecule has 1 N–H and O–H groups in total. The number of nitro groups is 1. The van der Waals surface area contributed by atoms with Crippen molar-refractivity contribution in [2.75, 3.05) is 26.0 Å². The largest absolute Gasteiger partial charge is 0.369 e. The van der Waals surface area contributed by atoms with Gasteiger partial charge in [0.05, 0.1) is 11.0 Å². The van der Waals surface area contributed by atoms with Gasteiger partial charge in [-0.3, -0.25) is 10.1 Å². The molecule has 0 aromatic heterocycles.